The lowest BCUT2D eigenvalue weighted by atomic mass is 10.3. The summed E-state index contributed by atoms with van der Waals surface area (Å²) in [5.41, 5.74) is 0.723. The van der Waals surface area contributed by atoms with E-state index in [4.69, 9.17) is 9.47 Å². The molecular weight excluding hydrogens is 483 g/mol. The van der Waals surface area contributed by atoms with Gasteiger partial charge >= 0.3 is 0 Å². The highest BCUT2D eigenvalue weighted by Gasteiger charge is 2.32. The number of nitrogens with one attached hydrogen (secondary N) is 2. The molecule has 4 rings (SSSR count). The first-order chi connectivity index (χ1) is 16.7. The van der Waals surface area contributed by atoms with Crippen molar-refractivity contribution < 1.29 is 22.3 Å². The second kappa shape index (κ2) is 9.75. The normalized spacial score (nSPS) is 16.8. The SMILES string of the molecule is COC1=C(n2c(NS(=O)(=O)[C@@H](C)Cc3ncc(F)cn3)nnc2-c2ccn(C)n2)C(OC)N=CN1. The molecule has 0 spiro atoms. The lowest BCUT2D eigenvalue weighted by molar-refractivity contribution is 0.143. The average Bonchev–Trinajstić information content (AvgIpc) is 3.45. The van der Waals surface area contributed by atoms with E-state index < -0.39 is 27.3 Å². The highest BCUT2D eigenvalue weighted by molar-refractivity contribution is 7.93. The Bertz CT molecular complexity index is 1370. The van der Waals surface area contributed by atoms with Gasteiger partial charge in [0.05, 0.1) is 31.1 Å². The minimum Gasteiger partial charge on any atom is -0.481 e. The summed E-state index contributed by atoms with van der Waals surface area (Å²) >= 11 is 0. The van der Waals surface area contributed by atoms with Gasteiger partial charge in [-0.1, -0.05) is 0 Å². The van der Waals surface area contributed by atoms with E-state index in [1.807, 2.05) is 0 Å². The second-order valence-electron chi connectivity index (χ2n) is 7.47. The van der Waals surface area contributed by atoms with E-state index in [1.165, 1.54) is 32.0 Å². The zero-order valence-electron chi connectivity index (χ0n) is 19.2. The molecule has 0 aliphatic carbocycles. The van der Waals surface area contributed by atoms with E-state index in [1.54, 1.807) is 24.0 Å². The van der Waals surface area contributed by atoms with Crippen molar-refractivity contribution in [3.8, 4) is 11.5 Å². The smallest absolute Gasteiger partial charge is 0.243 e. The molecule has 0 fully saturated rings. The van der Waals surface area contributed by atoms with Crippen LogP contribution >= 0.6 is 0 Å². The van der Waals surface area contributed by atoms with Crippen LogP contribution in [0.15, 0.2) is 35.5 Å². The summed E-state index contributed by atoms with van der Waals surface area (Å²) in [6.07, 6.45) is 4.14. The van der Waals surface area contributed by atoms with Crippen LogP contribution in [0, 0.1) is 5.82 Å². The molecule has 0 bridgehead atoms. The van der Waals surface area contributed by atoms with E-state index in [9.17, 15) is 12.8 Å². The summed E-state index contributed by atoms with van der Waals surface area (Å²) in [5, 5.41) is 14.5. The maximum atomic E-state index is 13.2. The zero-order valence-corrected chi connectivity index (χ0v) is 20.1. The molecule has 0 radical (unpaired) electrons. The highest BCUT2D eigenvalue weighted by atomic mass is 32.2. The molecule has 4 heterocycles. The largest absolute Gasteiger partial charge is 0.481 e. The van der Waals surface area contributed by atoms with Gasteiger partial charge in [-0.15, -0.1) is 10.2 Å². The van der Waals surface area contributed by atoms with Gasteiger partial charge in [-0.2, -0.15) is 5.10 Å². The van der Waals surface area contributed by atoms with Crippen molar-refractivity contribution in [3.05, 3.63) is 42.2 Å². The molecule has 3 aromatic heterocycles. The monoisotopic (exact) mass is 506 g/mol. The molecular formula is C19H23FN10O4S. The third-order valence-electron chi connectivity index (χ3n) is 5.05. The second-order valence-corrected chi connectivity index (χ2v) is 9.56. The molecule has 35 heavy (non-hydrogen) atoms. The van der Waals surface area contributed by atoms with E-state index in [2.05, 4.69) is 40.3 Å². The van der Waals surface area contributed by atoms with Crippen LogP contribution in [-0.4, -0.2) is 75.0 Å². The molecule has 2 N–H and O–H groups in total. The number of hydrogen-bond donors (Lipinski definition) is 2. The third-order valence-corrected chi connectivity index (χ3v) is 6.75. The van der Waals surface area contributed by atoms with Gasteiger partial charge in [-0.05, 0) is 13.0 Å². The number of hydrogen-bond acceptors (Lipinski definition) is 11. The van der Waals surface area contributed by atoms with E-state index in [-0.39, 0.29) is 29.9 Å². The maximum Gasteiger partial charge on any atom is 0.243 e. The van der Waals surface area contributed by atoms with Crippen molar-refractivity contribution in [3.63, 3.8) is 0 Å². The summed E-state index contributed by atoms with van der Waals surface area (Å²) < 4.78 is 55.9. The molecule has 1 unspecified atom stereocenters. The lowest BCUT2D eigenvalue weighted by Crippen LogP contribution is -2.32. The summed E-state index contributed by atoms with van der Waals surface area (Å²) in [5.74, 6) is -0.103. The number of halogens is 1. The first-order valence-corrected chi connectivity index (χ1v) is 11.8. The van der Waals surface area contributed by atoms with Gasteiger partial charge in [0.1, 0.15) is 17.2 Å². The minimum atomic E-state index is -4.03. The van der Waals surface area contributed by atoms with Crippen LogP contribution in [0.5, 0.6) is 0 Å². The Morgan fingerprint density at radius 2 is 2.00 bits per heavy atom. The number of methoxy groups -OCH3 is 2. The first kappa shape index (κ1) is 24.2. The van der Waals surface area contributed by atoms with E-state index >= 15 is 0 Å². The number of sulfonamides is 1. The fourth-order valence-corrected chi connectivity index (χ4v) is 4.24. The molecule has 16 heteroatoms. The van der Waals surface area contributed by atoms with Crippen molar-refractivity contribution >= 4 is 28.0 Å². The molecule has 0 amide bonds. The molecule has 186 valence electrons. The van der Waals surface area contributed by atoms with E-state index in [0.29, 0.717) is 11.4 Å². The Kier molecular flexibility index (Phi) is 6.74. The Balaban J connectivity index is 1.75. The Morgan fingerprint density at radius 3 is 2.63 bits per heavy atom. The van der Waals surface area contributed by atoms with Crippen molar-refractivity contribution in [1.29, 1.82) is 0 Å². The molecule has 2 atom stereocenters. The number of ether oxygens (including phenoxy) is 2. The first-order valence-electron chi connectivity index (χ1n) is 10.3. The minimum absolute atomic E-state index is 0.0601. The number of aromatic nitrogens is 7. The van der Waals surface area contributed by atoms with Crippen LogP contribution in [0.2, 0.25) is 0 Å². The molecule has 0 saturated heterocycles. The highest BCUT2D eigenvalue weighted by Crippen LogP contribution is 2.30. The molecule has 0 saturated carbocycles. The van der Waals surface area contributed by atoms with Gasteiger partial charge < -0.3 is 14.8 Å². The summed E-state index contributed by atoms with van der Waals surface area (Å²) in [6.45, 7) is 1.47. The predicted molar refractivity (Wildman–Crippen MR) is 123 cm³/mol. The van der Waals surface area contributed by atoms with Crippen LogP contribution in [0.3, 0.4) is 0 Å². The Hall–Kier alpha value is -3.92. The summed E-state index contributed by atoms with van der Waals surface area (Å²) in [6, 6.07) is 1.70. The van der Waals surface area contributed by atoms with Gasteiger partial charge in [0.25, 0.3) is 0 Å². The molecule has 14 nitrogen and oxygen atoms in total. The van der Waals surface area contributed by atoms with Gasteiger partial charge in [0.2, 0.25) is 21.9 Å². The average molecular weight is 507 g/mol. The maximum absolute atomic E-state index is 13.2. The topological polar surface area (TPSA) is 163 Å². The number of nitrogens with zero attached hydrogens (tertiary/aromatic N) is 8. The van der Waals surface area contributed by atoms with Crippen LogP contribution < -0.4 is 10.0 Å². The number of anilines is 1. The molecule has 0 aromatic carbocycles. The van der Waals surface area contributed by atoms with Crippen LogP contribution in [0.1, 0.15) is 12.7 Å². The Labute approximate surface area is 200 Å². The summed E-state index contributed by atoms with van der Waals surface area (Å²) in [7, 11) is 0.585. The Morgan fingerprint density at radius 1 is 1.26 bits per heavy atom. The van der Waals surface area contributed by atoms with Crippen LogP contribution in [0.4, 0.5) is 10.3 Å². The standard InChI is InChI=1S/C19H23FN10O4S/c1-11(7-14-21-8-12(20)9-22-14)35(31,32)28-19-26-25-16(13-5-6-29(2)27-13)30(19)15-17(33-3)23-10-24-18(15)34-4/h5-6,8-11,17H,7H2,1-4H3,(H,23,24)(H,26,28)/t11-,17?/m0/s1. The zero-order chi connectivity index (χ0) is 25.2. The van der Waals surface area contributed by atoms with Gasteiger partial charge in [-0.25, -0.2) is 27.8 Å². The van der Waals surface area contributed by atoms with Gasteiger partial charge in [-0.3, -0.25) is 14.0 Å². The van der Waals surface area contributed by atoms with E-state index in [0.717, 1.165) is 12.4 Å². The predicted octanol–water partition coefficient (Wildman–Crippen LogP) is 0.357. The van der Waals surface area contributed by atoms with Crippen molar-refractivity contribution in [1.82, 2.24) is 39.8 Å². The quantitative estimate of drug-likeness (QED) is 0.414. The van der Waals surface area contributed by atoms with Gasteiger partial charge in [0, 0.05) is 26.8 Å². The molecule has 3 aromatic rings. The fraction of sp³-hybridized carbons (Fsp3) is 0.368. The van der Waals surface area contributed by atoms with Crippen LogP contribution in [0.25, 0.3) is 17.2 Å². The number of rotatable bonds is 9. The fourth-order valence-electron chi connectivity index (χ4n) is 3.29. The molecule has 1 aliphatic heterocycles. The summed E-state index contributed by atoms with van der Waals surface area (Å²) in [4.78, 5) is 11.9. The van der Waals surface area contributed by atoms with Crippen molar-refractivity contribution in [2.24, 2.45) is 12.0 Å². The number of aryl methyl sites for hydroxylation is 1. The van der Waals surface area contributed by atoms with Crippen LogP contribution in [-0.2, 0) is 33.0 Å². The third kappa shape index (κ3) is 4.97. The molecule has 1 aliphatic rings. The van der Waals surface area contributed by atoms with Crippen molar-refractivity contribution in [2.45, 2.75) is 24.8 Å². The van der Waals surface area contributed by atoms with Crippen molar-refractivity contribution in [2.75, 3.05) is 18.9 Å². The lowest BCUT2D eigenvalue weighted by Gasteiger charge is -2.25. The number of aliphatic imine (C=N–C) groups is 1. The van der Waals surface area contributed by atoms with Gasteiger partial charge in [0.15, 0.2) is 17.9 Å².